The largest absolute Gasteiger partial charge is 0.480 e. The Morgan fingerprint density at radius 2 is 2.00 bits per heavy atom. The molecule has 0 bridgehead atoms. The Morgan fingerprint density at radius 1 is 1.30 bits per heavy atom. The highest BCUT2D eigenvalue weighted by Gasteiger charge is 2.41. The van der Waals surface area contributed by atoms with Crippen molar-refractivity contribution in [1.82, 2.24) is 10.2 Å². The molecule has 114 valence electrons. The highest BCUT2D eigenvalue weighted by atomic mass is 16.5. The van der Waals surface area contributed by atoms with E-state index in [1.807, 2.05) is 0 Å². The van der Waals surface area contributed by atoms with E-state index in [0.29, 0.717) is 24.8 Å². The molecule has 0 aromatic carbocycles. The summed E-state index contributed by atoms with van der Waals surface area (Å²) in [4.78, 5) is 25.0. The van der Waals surface area contributed by atoms with Crippen LogP contribution in [0.1, 0.15) is 33.1 Å². The highest BCUT2D eigenvalue weighted by molar-refractivity contribution is 5.83. The molecule has 0 radical (unpaired) electrons. The van der Waals surface area contributed by atoms with Gasteiger partial charge in [0.2, 0.25) is 0 Å². The molecule has 0 aromatic heterocycles. The fraction of sp³-hybridized carbons (Fsp3) is 0.857. The van der Waals surface area contributed by atoms with Crippen molar-refractivity contribution in [3.05, 3.63) is 0 Å². The predicted molar refractivity (Wildman–Crippen MR) is 73.4 cm³/mol. The van der Waals surface area contributed by atoms with Gasteiger partial charge in [0, 0.05) is 26.1 Å². The molecule has 1 aliphatic carbocycles. The predicted octanol–water partition coefficient (Wildman–Crippen LogP) is 1.30. The van der Waals surface area contributed by atoms with Gasteiger partial charge in [-0.3, -0.25) is 0 Å². The molecule has 6 nitrogen and oxygen atoms in total. The quantitative estimate of drug-likeness (QED) is 0.819. The topological polar surface area (TPSA) is 78.9 Å². The molecule has 0 spiro atoms. The van der Waals surface area contributed by atoms with Crippen molar-refractivity contribution in [2.75, 3.05) is 13.7 Å². The molecule has 2 fully saturated rings. The van der Waals surface area contributed by atoms with Crippen LogP contribution < -0.4 is 5.32 Å². The number of carboxylic acids is 1. The van der Waals surface area contributed by atoms with Gasteiger partial charge in [-0.25, -0.2) is 9.59 Å². The van der Waals surface area contributed by atoms with Crippen molar-refractivity contribution in [3.8, 4) is 0 Å². The minimum absolute atomic E-state index is 0.147. The fourth-order valence-corrected chi connectivity index (χ4v) is 3.24. The van der Waals surface area contributed by atoms with Crippen LogP contribution in [0.4, 0.5) is 4.79 Å². The minimum atomic E-state index is -0.965. The van der Waals surface area contributed by atoms with Gasteiger partial charge in [-0.2, -0.15) is 0 Å². The number of carbonyl (C=O) groups is 2. The number of carbonyl (C=O) groups excluding carboxylic acids is 1. The molecule has 2 N–H and O–H groups in total. The summed E-state index contributed by atoms with van der Waals surface area (Å²) < 4.78 is 5.20. The third-order valence-corrected chi connectivity index (χ3v) is 4.92. The van der Waals surface area contributed by atoms with Crippen LogP contribution in [0.5, 0.6) is 0 Å². The van der Waals surface area contributed by atoms with E-state index in [-0.39, 0.29) is 18.2 Å². The van der Waals surface area contributed by atoms with Crippen LogP contribution in [0.25, 0.3) is 0 Å². The number of carboxylic acid groups (broad SMARTS) is 1. The van der Waals surface area contributed by atoms with E-state index in [2.05, 4.69) is 19.2 Å². The number of ether oxygens (including phenoxy) is 1. The summed E-state index contributed by atoms with van der Waals surface area (Å²) in [7, 11) is 1.55. The maximum Gasteiger partial charge on any atom is 0.326 e. The lowest BCUT2D eigenvalue weighted by molar-refractivity contribution is -0.141. The van der Waals surface area contributed by atoms with Crippen LogP contribution in [0.3, 0.4) is 0 Å². The molecule has 1 aliphatic heterocycles. The Balaban J connectivity index is 1.99. The van der Waals surface area contributed by atoms with E-state index < -0.39 is 12.0 Å². The zero-order chi connectivity index (χ0) is 14.9. The lowest BCUT2D eigenvalue weighted by Crippen LogP contribution is -2.50. The molecule has 2 aliphatic rings. The lowest BCUT2D eigenvalue weighted by atomic mass is 9.98. The Morgan fingerprint density at radius 3 is 2.50 bits per heavy atom. The van der Waals surface area contributed by atoms with Gasteiger partial charge in [0.05, 0.1) is 6.10 Å². The number of likely N-dealkylation sites (tertiary alicyclic amines) is 1. The summed E-state index contributed by atoms with van der Waals surface area (Å²) in [5.74, 6) is 0.0662. The number of amides is 2. The number of hydrogen-bond acceptors (Lipinski definition) is 3. The van der Waals surface area contributed by atoms with Crippen molar-refractivity contribution >= 4 is 12.0 Å². The molecular formula is C14H24N2O4. The Kier molecular flexibility index (Phi) is 4.52. The first-order chi connectivity index (χ1) is 9.43. The highest BCUT2D eigenvalue weighted by Crippen LogP contribution is 2.31. The zero-order valence-electron chi connectivity index (χ0n) is 12.3. The van der Waals surface area contributed by atoms with Crippen molar-refractivity contribution < 1.29 is 19.4 Å². The first-order valence-electron chi connectivity index (χ1n) is 7.26. The minimum Gasteiger partial charge on any atom is -0.480 e. The third-order valence-electron chi connectivity index (χ3n) is 4.92. The molecular weight excluding hydrogens is 260 g/mol. The zero-order valence-corrected chi connectivity index (χ0v) is 12.3. The van der Waals surface area contributed by atoms with Gasteiger partial charge in [0.25, 0.3) is 0 Å². The van der Waals surface area contributed by atoms with E-state index in [4.69, 9.17) is 4.74 Å². The van der Waals surface area contributed by atoms with Crippen LogP contribution in [0.2, 0.25) is 0 Å². The normalized spacial score (nSPS) is 37.1. The van der Waals surface area contributed by atoms with Gasteiger partial charge in [0.1, 0.15) is 6.04 Å². The second kappa shape index (κ2) is 5.99. The van der Waals surface area contributed by atoms with Gasteiger partial charge >= 0.3 is 12.0 Å². The number of urea groups is 1. The first-order valence-corrected chi connectivity index (χ1v) is 7.26. The second-order valence-electron chi connectivity index (χ2n) is 6.07. The average Bonchev–Trinajstić information content (AvgIpc) is 2.97. The van der Waals surface area contributed by atoms with Crippen LogP contribution in [-0.2, 0) is 9.53 Å². The summed E-state index contributed by atoms with van der Waals surface area (Å²) in [5, 5.41) is 12.2. The monoisotopic (exact) mass is 284 g/mol. The van der Waals surface area contributed by atoms with Crippen molar-refractivity contribution in [1.29, 1.82) is 0 Å². The molecule has 0 aromatic rings. The molecule has 2 rings (SSSR count). The van der Waals surface area contributed by atoms with E-state index in [1.165, 1.54) is 4.90 Å². The van der Waals surface area contributed by atoms with Crippen LogP contribution in [0.15, 0.2) is 0 Å². The van der Waals surface area contributed by atoms with E-state index >= 15 is 0 Å². The summed E-state index contributed by atoms with van der Waals surface area (Å²) in [5.41, 5.74) is 0. The maximum absolute atomic E-state index is 12.3. The summed E-state index contributed by atoms with van der Waals surface area (Å²) >= 11 is 0. The van der Waals surface area contributed by atoms with Crippen LogP contribution >= 0.6 is 0 Å². The van der Waals surface area contributed by atoms with Crippen LogP contribution in [-0.4, -0.2) is 53.8 Å². The summed E-state index contributed by atoms with van der Waals surface area (Å²) in [6.07, 6.45) is 2.24. The van der Waals surface area contributed by atoms with Gasteiger partial charge in [-0.05, 0) is 24.7 Å². The Labute approximate surface area is 119 Å². The number of nitrogens with one attached hydrogen (secondary N) is 1. The first kappa shape index (κ1) is 15.1. The van der Waals surface area contributed by atoms with Crippen molar-refractivity contribution in [3.63, 3.8) is 0 Å². The van der Waals surface area contributed by atoms with Gasteiger partial charge < -0.3 is 20.1 Å². The van der Waals surface area contributed by atoms with Gasteiger partial charge in [0.15, 0.2) is 0 Å². The van der Waals surface area contributed by atoms with Crippen molar-refractivity contribution in [2.45, 2.75) is 51.3 Å². The molecule has 1 saturated carbocycles. The van der Waals surface area contributed by atoms with E-state index in [0.717, 1.165) is 12.8 Å². The molecule has 5 atom stereocenters. The molecule has 1 saturated heterocycles. The fourth-order valence-electron chi connectivity index (χ4n) is 3.24. The van der Waals surface area contributed by atoms with Gasteiger partial charge in [-0.15, -0.1) is 0 Å². The molecule has 1 heterocycles. The molecule has 2 amide bonds. The number of aliphatic carboxylic acids is 1. The number of hydrogen-bond donors (Lipinski definition) is 2. The number of methoxy groups -OCH3 is 1. The SMILES string of the molecule is COC1CC(C(=O)O)N(C(=O)NC2CCC(C)C2C)C1. The molecule has 6 heteroatoms. The maximum atomic E-state index is 12.3. The Bertz CT molecular complexity index is 387. The number of nitrogens with zero attached hydrogens (tertiary/aromatic N) is 1. The summed E-state index contributed by atoms with van der Waals surface area (Å²) in [6.45, 7) is 4.67. The smallest absolute Gasteiger partial charge is 0.326 e. The standard InChI is InChI=1S/C14H24N2O4/c1-8-4-5-11(9(8)2)15-14(19)16-7-10(20-3)6-12(16)13(17)18/h8-12H,4-7H2,1-3H3,(H,15,19)(H,17,18). The summed E-state index contributed by atoms with van der Waals surface area (Å²) in [6, 6.07) is -0.912. The van der Waals surface area contributed by atoms with E-state index in [1.54, 1.807) is 7.11 Å². The molecule has 5 unspecified atom stereocenters. The second-order valence-corrected chi connectivity index (χ2v) is 6.07. The average molecular weight is 284 g/mol. The number of rotatable bonds is 3. The van der Waals surface area contributed by atoms with E-state index in [9.17, 15) is 14.7 Å². The van der Waals surface area contributed by atoms with Crippen LogP contribution in [0, 0.1) is 11.8 Å². The van der Waals surface area contributed by atoms with Gasteiger partial charge in [-0.1, -0.05) is 13.8 Å². The Hall–Kier alpha value is -1.30. The molecule has 20 heavy (non-hydrogen) atoms. The lowest BCUT2D eigenvalue weighted by Gasteiger charge is -2.26. The van der Waals surface area contributed by atoms with Crippen molar-refractivity contribution in [2.24, 2.45) is 11.8 Å². The third kappa shape index (κ3) is 2.90.